The zero-order chi connectivity index (χ0) is 19.7. The average molecular weight is 373 g/mol. The molecule has 0 aliphatic heterocycles. The van der Waals surface area contributed by atoms with Crippen molar-refractivity contribution in [3.63, 3.8) is 0 Å². The van der Waals surface area contributed by atoms with E-state index in [4.69, 9.17) is 9.47 Å². The summed E-state index contributed by atoms with van der Waals surface area (Å²) in [5.74, 6) is 0.829. The van der Waals surface area contributed by atoms with E-state index in [-0.39, 0.29) is 5.91 Å². The van der Waals surface area contributed by atoms with Crippen molar-refractivity contribution in [2.24, 2.45) is 5.92 Å². The summed E-state index contributed by atoms with van der Waals surface area (Å²) in [5.41, 5.74) is 0.279. The summed E-state index contributed by atoms with van der Waals surface area (Å²) in [6, 6.07) is 7.38. The fraction of sp³-hybridized carbons (Fsp3) is 0.636. The third kappa shape index (κ3) is 5.97. The summed E-state index contributed by atoms with van der Waals surface area (Å²) >= 11 is 0. The van der Waals surface area contributed by atoms with E-state index in [9.17, 15) is 10.1 Å². The van der Waals surface area contributed by atoms with Gasteiger partial charge in [-0.1, -0.05) is 46.5 Å². The van der Waals surface area contributed by atoms with Gasteiger partial charge in [0.05, 0.1) is 12.2 Å². The van der Waals surface area contributed by atoms with Gasteiger partial charge in [0.2, 0.25) is 0 Å². The maximum absolute atomic E-state index is 13.1. The standard InChI is InChI=1S/C22H32N2O3/c1-4-13-27-22(11-7-5-6-8-12-22)21(25)24-19-9-10-20(18(14-19)15-23)26-16-17(2)3/h9-10,14,17H,4-8,11-13,16H2,1-3H3,(H,24,25). The van der Waals surface area contributed by atoms with Crippen LogP contribution in [0.3, 0.4) is 0 Å². The Kier molecular flexibility index (Phi) is 8.12. The van der Waals surface area contributed by atoms with Crippen LogP contribution >= 0.6 is 0 Å². The van der Waals surface area contributed by atoms with Crippen molar-refractivity contribution in [3.8, 4) is 11.8 Å². The third-order valence-corrected chi connectivity index (χ3v) is 4.84. The summed E-state index contributed by atoms with van der Waals surface area (Å²) in [6.45, 7) is 7.30. The highest BCUT2D eigenvalue weighted by atomic mass is 16.5. The molecule has 1 amide bonds. The van der Waals surface area contributed by atoms with Gasteiger partial charge in [0.15, 0.2) is 0 Å². The molecule has 0 radical (unpaired) electrons. The molecule has 1 aliphatic carbocycles. The molecule has 0 atom stereocenters. The van der Waals surface area contributed by atoms with Gasteiger partial charge < -0.3 is 14.8 Å². The lowest BCUT2D eigenvalue weighted by atomic mass is 9.92. The number of ether oxygens (including phenoxy) is 2. The van der Waals surface area contributed by atoms with E-state index in [1.165, 1.54) is 0 Å². The maximum Gasteiger partial charge on any atom is 0.256 e. The predicted molar refractivity (Wildman–Crippen MR) is 107 cm³/mol. The van der Waals surface area contributed by atoms with Gasteiger partial charge in [-0.2, -0.15) is 5.26 Å². The number of nitrogens with zero attached hydrogens (tertiary/aromatic N) is 1. The molecule has 0 unspecified atom stereocenters. The molecule has 0 bridgehead atoms. The topological polar surface area (TPSA) is 71.3 Å². The van der Waals surface area contributed by atoms with Crippen LogP contribution in [-0.4, -0.2) is 24.7 Å². The molecule has 5 nitrogen and oxygen atoms in total. The number of carbonyl (C=O) groups is 1. The summed E-state index contributed by atoms with van der Waals surface area (Å²) in [4.78, 5) is 13.1. The Bertz CT molecular complexity index is 656. The van der Waals surface area contributed by atoms with Gasteiger partial charge in [0, 0.05) is 12.3 Å². The Morgan fingerprint density at radius 2 is 1.96 bits per heavy atom. The maximum atomic E-state index is 13.1. The number of carbonyl (C=O) groups excluding carboxylic acids is 1. The molecule has 1 aliphatic rings. The summed E-state index contributed by atoms with van der Waals surface area (Å²) < 4.78 is 11.8. The molecule has 1 aromatic carbocycles. The number of amides is 1. The quantitative estimate of drug-likeness (QED) is 0.648. The second kappa shape index (κ2) is 10.3. The first-order valence-electron chi connectivity index (χ1n) is 10.1. The average Bonchev–Trinajstić information content (AvgIpc) is 2.91. The van der Waals surface area contributed by atoms with E-state index in [1.54, 1.807) is 18.2 Å². The van der Waals surface area contributed by atoms with Crippen molar-refractivity contribution in [2.45, 2.75) is 71.3 Å². The highest BCUT2D eigenvalue weighted by Crippen LogP contribution is 2.32. The predicted octanol–water partition coefficient (Wildman–Crippen LogP) is 5.05. The van der Waals surface area contributed by atoms with Crippen LogP contribution in [0.2, 0.25) is 0 Å². The van der Waals surface area contributed by atoms with Gasteiger partial charge in [-0.05, 0) is 43.4 Å². The molecule has 0 saturated heterocycles. The first kappa shape index (κ1) is 21.2. The minimum Gasteiger partial charge on any atom is -0.492 e. The van der Waals surface area contributed by atoms with E-state index < -0.39 is 5.60 Å². The van der Waals surface area contributed by atoms with E-state index in [0.717, 1.165) is 44.9 Å². The van der Waals surface area contributed by atoms with E-state index in [2.05, 4.69) is 32.2 Å². The first-order valence-corrected chi connectivity index (χ1v) is 10.1. The molecule has 1 aromatic rings. The first-order chi connectivity index (χ1) is 13.0. The Morgan fingerprint density at radius 3 is 2.56 bits per heavy atom. The number of anilines is 1. The fourth-order valence-electron chi connectivity index (χ4n) is 3.36. The second-order valence-electron chi connectivity index (χ2n) is 7.74. The van der Waals surface area contributed by atoms with Crippen molar-refractivity contribution in [2.75, 3.05) is 18.5 Å². The van der Waals surface area contributed by atoms with Crippen LogP contribution in [0.1, 0.15) is 71.3 Å². The van der Waals surface area contributed by atoms with Gasteiger partial charge in [0.25, 0.3) is 5.91 Å². The van der Waals surface area contributed by atoms with Crippen molar-refractivity contribution in [1.29, 1.82) is 5.26 Å². The number of benzene rings is 1. The molecule has 148 valence electrons. The smallest absolute Gasteiger partial charge is 0.256 e. The summed E-state index contributed by atoms with van der Waals surface area (Å²) in [7, 11) is 0. The molecular weight excluding hydrogens is 340 g/mol. The Hall–Kier alpha value is -2.06. The zero-order valence-electron chi connectivity index (χ0n) is 16.8. The Labute approximate surface area is 163 Å². The molecule has 1 N–H and O–H groups in total. The molecule has 1 fully saturated rings. The van der Waals surface area contributed by atoms with Gasteiger partial charge in [-0.15, -0.1) is 0 Å². The van der Waals surface area contributed by atoms with Gasteiger partial charge in [-0.25, -0.2) is 0 Å². The van der Waals surface area contributed by atoms with Gasteiger partial charge in [0.1, 0.15) is 17.4 Å². The van der Waals surface area contributed by atoms with Crippen LogP contribution in [0.4, 0.5) is 5.69 Å². The third-order valence-electron chi connectivity index (χ3n) is 4.84. The SMILES string of the molecule is CCCOC1(C(=O)Nc2ccc(OCC(C)C)c(C#N)c2)CCCCCC1. The van der Waals surface area contributed by atoms with E-state index in [0.29, 0.717) is 36.1 Å². The zero-order valence-corrected chi connectivity index (χ0v) is 16.8. The van der Waals surface area contributed by atoms with Crippen LogP contribution < -0.4 is 10.1 Å². The highest BCUT2D eigenvalue weighted by Gasteiger charge is 2.39. The van der Waals surface area contributed by atoms with Gasteiger partial charge in [-0.3, -0.25) is 4.79 Å². The van der Waals surface area contributed by atoms with Crippen LogP contribution in [0.5, 0.6) is 5.75 Å². The normalized spacial score (nSPS) is 16.4. The van der Waals surface area contributed by atoms with Crippen LogP contribution in [0.15, 0.2) is 18.2 Å². The Morgan fingerprint density at radius 1 is 1.26 bits per heavy atom. The lowest BCUT2D eigenvalue weighted by Gasteiger charge is -2.31. The number of rotatable bonds is 8. The second-order valence-corrected chi connectivity index (χ2v) is 7.74. The molecule has 27 heavy (non-hydrogen) atoms. The molecule has 0 heterocycles. The molecule has 1 saturated carbocycles. The molecule has 5 heteroatoms. The van der Waals surface area contributed by atoms with Crippen molar-refractivity contribution in [1.82, 2.24) is 0 Å². The van der Waals surface area contributed by atoms with Gasteiger partial charge >= 0.3 is 0 Å². The number of nitrogens with one attached hydrogen (secondary N) is 1. The van der Waals surface area contributed by atoms with Crippen molar-refractivity contribution >= 4 is 11.6 Å². The largest absolute Gasteiger partial charge is 0.492 e. The lowest BCUT2D eigenvalue weighted by Crippen LogP contribution is -2.45. The molecule has 0 aromatic heterocycles. The molecular formula is C22H32N2O3. The van der Waals surface area contributed by atoms with E-state index in [1.807, 2.05) is 0 Å². The lowest BCUT2D eigenvalue weighted by molar-refractivity contribution is -0.143. The van der Waals surface area contributed by atoms with Crippen LogP contribution in [-0.2, 0) is 9.53 Å². The van der Waals surface area contributed by atoms with E-state index >= 15 is 0 Å². The molecule has 0 spiro atoms. The number of hydrogen-bond donors (Lipinski definition) is 1. The fourth-order valence-corrected chi connectivity index (χ4v) is 3.36. The number of nitriles is 1. The Balaban J connectivity index is 2.15. The number of hydrogen-bond acceptors (Lipinski definition) is 4. The van der Waals surface area contributed by atoms with Crippen LogP contribution in [0.25, 0.3) is 0 Å². The summed E-state index contributed by atoms with van der Waals surface area (Å²) in [6.07, 6.45) is 6.68. The van der Waals surface area contributed by atoms with Crippen LogP contribution in [0, 0.1) is 17.2 Å². The van der Waals surface area contributed by atoms with Crippen molar-refractivity contribution in [3.05, 3.63) is 23.8 Å². The monoisotopic (exact) mass is 372 g/mol. The highest BCUT2D eigenvalue weighted by molar-refractivity contribution is 5.97. The van der Waals surface area contributed by atoms with Crippen molar-refractivity contribution < 1.29 is 14.3 Å². The minimum absolute atomic E-state index is 0.0995. The molecule has 2 rings (SSSR count). The summed E-state index contributed by atoms with van der Waals surface area (Å²) in [5, 5.41) is 12.4. The minimum atomic E-state index is -0.758.